The van der Waals surface area contributed by atoms with Gasteiger partial charge in [-0.05, 0) is 18.6 Å². The topological polar surface area (TPSA) is 48.0 Å². The number of amides is 1. The fraction of sp³-hybridized carbons (Fsp3) is 0.417. The second-order valence-corrected chi connectivity index (χ2v) is 3.99. The Morgan fingerprint density at radius 2 is 2.12 bits per heavy atom. The zero-order valence-corrected chi connectivity index (χ0v) is 9.30. The number of hydrogen-bond donors (Lipinski definition) is 0. The SMILES string of the molecule is O=C(C1COc2ccccc2O1)N1CCCO1. The van der Waals surface area contributed by atoms with Crippen LogP contribution in [0, 0.1) is 0 Å². The summed E-state index contributed by atoms with van der Waals surface area (Å²) < 4.78 is 11.1. The number of hydrogen-bond acceptors (Lipinski definition) is 4. The number of ether oxygens (including phenoxy) is 2. The van der Waals surface area contributed by atoms with Crippen molar-refractivity contribution in [3.8, 4) is 11.5 Å². The van der Waals surface area contributed by atoms with Gasteiger partial charge in [0.05, 0.1) is 13.2 Å². The molecule has 0 N–H and O–H groups in total. The maximum atomic E-state index is 12.0. The lowest BCUT2D eigenvalue weighted by Gasteiger charge is -2.27. The highest BCUT2D eigenvalue weighted by Gasteiger charge is 2.33. The summed E-state index contributed by atoms with van der Waals surface area (Å²) in [7, 11) is 0. The molecule has 1 aromatic carbocycles. The second kappa shape index (κ2) is 4.25. The van der Waals surface area contributed by atoms with E-state index in [0.29, 0.717) is 24.7 Å². The van der Waals surface area contributed by atoms with Gasteiger partial charge in [0.15, 0.2) is 11.5 Å². The van der Waals surface area contributed by atoms with Crippen LogP contribution in [0.1, 0.15) is 6.42 Å². The molecule has 5 heteroatoms. The Bertz CT molecular complexity index is 428. The Labute approximate surface area is 98.8 Å². The number of rotatable bonds is 1. The van der Waals surface area contributed by atoms with Crippen molar-refractivity contribution in [2.45, 2.75) is 12.5 Å². The molecule has 0 spiro atoms. The van der Waals surface area contributed by atoms with E-state index in [0.717, 1.165) is 6.42 Å². The maximum Gasteiger partial charge on any atom is 0.290 e. The van der Waals surface area contributed by atoms with Crippen molar-refractivity contribution in [3.05, 3.63) is 24.3 Å². The molecule has 3 rings (SSSR count). The normalized spacial score (nSPS) is 22.6. The zero-order valence-electron chi connectivity index (χ0n) is 9.30. The highest BCUT2D eigenvalue weighted by Crippen LogP contribution is 2.31. The fourth-order valence-corrected chi connectivity index (χ4v) is 1.92. The first-order valence-corrected chi connectivity index (χ1v) is 5.67. The van der Waals surface area contributed by atoms with Crippen LogP contribution in [-0.2, 0) is 9.63 Å². The summed E-state index contributed by atoms with van der Waals surface area (Å²) in [6.45, 7) is 1.45. The van der Waals surface area contributed by atoms with Gasteiger partial charge in [-0.1, -0.05) is 12.1 Å². The van der Waals surface area contributed by atoms with Crippen molar-refractivity contribution >= 4 is 5.91 Å². The molecule has 0 bridgehead atoms. The second-order valence-electron chi connectivity index (χ2n) is 3.99. The molecule has 2 aliphatic heterocycles. The largest absolute Gasteiger partial charge is 0.485 e. The highest BCUT2D eigenvalue weighted by molar-refractivity contribution is 5.81. The molecule has 1 atom stereocenters. The standard InChI is InChI=1S/C12H13NO4/c14-12(13-6-3-7-16-13)11-8-15-9-4-1-2-5-10(9)17-11/h1-2,4-5,11H,3,6-8H2. The van der Waals surface area contributed by atoms with Crippen molar-refractivity contribution in [1.82, 2.24) is 5.06 Å². The van der Waals surface area contributed by atoms with Crippen molar-refractivity contribution in [2.24, 2.45) is 0 Å². The number of nitrogens with zero attached hydrogens (tertiary/aromatic N) is 1. The molecule has 90 valence electrons. The van der Waals surface area contributed by atoms with Crippen LogP contribution < -0.4 is 9.47 Å². The van der Waals surface area contributed by atoms with Crippen molar-refractivity contribution in [3.63, 3.8) is 0 Å². The molecule has 2 heterocycles. The number of hydroxylamine groups is 2. The smallest absolute Gasteiger partial charge is 0.290 e. The van der Waals surface area contributed by atoms with E-state index in [4.69, 9.17) is 14.3 Å². The van der Waals surface area contributed by atoms with Gasteiger partial charge in [-0.15, -0.1) is 0 Å². The molecule has 2 aliphatic rings. The van der Waals surface area contributed by atoms with Crippen LogP contribution >= 0.6 is 0 Å². The first-order valence-electron chi connectivity index (χ1n) is 5.67. The van der Waals surface area contributed by atoms with E-state index in [2.05, 4.69) is 0 Å². The number of carbonyl (C=O) groups is 1. The van der Waals surface area contributed by atoms with Crippen molar-refractivity contribution < 1.29 is 19.1 Å². The average molecular weight is 235 g/mol. The molecule has 0 saturated carbocycles. The molecule has 0 aromatic heterocycles. The Hall–Kier alpha value is -1.75. The van der Waals surface area contributed by atoms with Gasteiger partial charge in [0.25, 0.3) is 5.91 Å². The van der Waals surface area contributed by atoms with Gasteiger partial charge in [0.1, 0.15) is 6.61 Å². The van der Waals surface area contributed by atoms with E-state index in [9.17, 15) is 4.79 Å². The summed E-state index contributed by atoms with van der Waals surface area (Å²) >= 11 is 0. The van der Waals surface area contributed by atoms with Gasteiger partial charge in [0.2, 0.25) is 6.10 Å². The van der Waals surface area contributed by atoms with Gasteiger partial charge < -0.3 is 9.47 Å². The third-order valence-electron chi connectivity index (χ3n) is 2.78. The van der Waals surface area contributed by atoms with Crippen LogP contribution in [0.4, 0.5) is 0 Å². The third kappa shape index (κ3) is 1.93. The van der Waals surface area contributed by atoms with Crippen LogP contribution in [0.15, 0.2) is 24.3 Å². The molecule has 1 saturated heterocycles. The molecule has 1 unspecified atom stereocenters. The van der Waals surface area contributed by atoms with E-state index in [-0.39, 0.29) is 12.5 Å². The molecule has 5 nitrogen and oxygen atoms in total. The van der Waals surface area contributed by atoms with Gasteiger partial charge in [-0.3, -0.25) is 9.63 Å². The minimum atomic E-state index is -0.608. The van der Waals surface area contributed by atoms with Crippen LogP contribution in [0.5, 0.6) is 11.5 Å². The van der Waals surface area contributed by atoms with E-state index >= 15 is 0 Å². The lowest BCUT2D eigenvalue weighted by atomic mass is 10.2. The Morgan fingerprint density at radius 1 is 1.29 bits per heavy atom. The minimum absolute atomic E-state index is 0.169. The quantitative estimate of drug-likeness (QED) is 0.728. The number of fused-ring (bicyclic) bond motifs is 1. The summed E-state index contributed by atoms with van der Waals surface area (Å²) in [5.74, 6) is 1.12. The third-order valence-corrected chi connectivity index (χ3v) is 2.78. The number of carbonyl (C=O) groups excluding carboxylic acids is 1. The van der Waals surface area contributed by atoms with E-state index in [1.54, 1.807) is 6.07 Å². The highest BCUT2D eigenvalue weighted by atomic mass is 16.7. The fourth-order valence-electron chi connectivity index (χ4n) is 1.92. The summed E-state index contributed by atoms with van der Waals surface area (Å²) in [5, 5.41) is 1.36. The molecule has 1 aromatic rings. The van der Waals surface area contributed by atoms with Gasteiger partial charge in [0, 0.05) is 0 Å². The molecule has 0 radical (unpaired) electrons. The average Bonchev–Trinajstić information content (AvgIpc) is 2.91. The zero-order chi connectivity index (χ0) is 11.7. The van der Waals surface area contributed by atoms with Crippen LogP contribution in [0.2, 0.25) is 0 Å². The molecular formula is C12H13NO4. The molecule has 0 aliphatic carbocycles. The molecule has 1 amide bonds. The molecule has 1 fully saturated rings. The van der Waals surface area contributed by atoms with E-state index < -0.39 is 6.10 Å². The summed E-state index contributed by atoms with van der Waals surface area (Å²) in [4.78, 5) is 17.2. The van der Waals surface area contributed by atoms with E-state index in [1.807, 2.05) is 18.2 Å². The first kappa shape index (κ1) is 10.4. The first-order chi connectivity index (χ1) is 8.34. The Kier molecular flexibility index (Phi) is 2.60. The van der Waals surface area contributed by atoms with Gasteiger partial charge >= 0.3 is 0 Å². The van der Waals surface area contributed by atoms with Crippen molar-refractivity contribution in [2.75, 3.05) is 19.8 Å². The number of para-hydroxylation sites is 2. The lowest BCUT2D eigenvalue weighted by Crippen LogP contribution is -2.44. The van der Waals surface area contributed by atoms with Crippen molar-refractivity contribution in [1.29, 1.82) is 0 Å². The van der Waals surface area contributed by atoms with E-state index in [1.165, 1.54) is 5.06 Å². The molecular weight excluding hydrogens is 222 g/mol. The molecule has 17 heavy (non-hydrogen) atoms. The van der Waals surface area contributed by atoms with Crippen LogP contribution in [-0.4, -0.2) is 36.8 Å². The van der Waals surface area contributed by atoms with Gasteiger partial charge in [-0.2, -0.15) is 0 Å². The predicted molar refractivity (Wildman–Crippen MR) is 58.6 cm³/mol. The summed E-state index contributed by atoms with van der Waals surface area (Å²) in [6.07, 6.45) is 0.263. The Balaban J connectivity index is 1.73. The van der Waals surface area contributed by atoms with Crippen LogP contribution in [0.3, 0.4) is 0 Å². The minimum Gasteiger partial charge on any atom is -0.485 e. The number of benzene rings is 1. The van der Waals surface area contributed by atoms with Gasteiger partial charge in [-0.25, -0.2) is 5.06 Å². The Morgan fingerprint density at radius 3 is 2.88 bits per heavy atom. The summed E-state index contributed by atoms with van der Waals surface area (Å²) in [5.41, 5.74) is 0. The van der Waals surface area contributed by atoms with Crippen LogP contribution in [0.25, 0.3) is 0 Å². The summed E-state index contributed by atoms with van der Waals surface area (Å²) in [6, 6.07) is 7.33. The maximum absolute atomic E-state index is 12.0. The lowest BCUT2D eigenvalue weighted by molar-refractivity contribution is -0.178. The monoisotopic (exact) mass is 235 g/mol. The predicted octanol–water partition coefficient (Wildman–Crippen LogP) is 0.990.